The van der Waals surface area contributed by atoms with Gasteiger partial charge in [-0.05, 0) is 25.7 Å². The topological polar surface area (TPSA) is 12.9 Å². The first-order valence-corrected chi connectivity index (χ1v) is 5.47. The maximum atomic E-state index is 4.43. The predicted molar refractivity (Wildman–Crippen MR) is 54.6 cm³/mol. The number of nitrogens with zero attached hydrogens (tertiary/aromatic N) is 1. The highest BCUT2D eigenvalue weighted by Crippen LogP contribution is 2.13. The van der Waals surface area contributed by atoms with Crippen molar-refractivity contribution in [2.75, 3.05) is 0 Å². The van der Waals surface area contributed by atoms with Crippen molar-refractivity contribution in [3.8, 4) is 0 Å². The molecule has 0 N–H and O–H groups in total. The summed E-state index contributed by atoms with van der Waals surface area (Å²) in [7, 11) is 0. The van der Waals surface area contributed by atoms with E-state index < -0.39 is 0 Å². The molecule has 0 radical (unpaired) electrons. The molecule has 0 unspecified atom stereocenters. The molecule has 68 valence electrons. The number of rotatable bonds is 4. The molecular weight excluding hydrogens is 166 g/mol. The molecule has 0 fully saturated rings. The zero-order valence-corrected chi connectivity index (χ0v) is 8.95. The maximum Gasteiger partial charge on any atom is 0.0928 e. The molecule has 1 aromatic heterocycles. The summed E-state index contributed by atoms with van der Waals surface area (Å²) in [5.74, 6) is 0.825. The second kappa shape index (κ2) is 4.61. The Hall–Kier alpha value is -0.370. The van der Waals surface area contributed by atoms with E-state index in [-0.39, 0.29) is 0 Å². The van der Waals surface area contributed by atoms with E-state index in [0.717, 1.165) is 12.3 Å². The lowest BCUT2D eigenvalue weighted by molar-refractivity contribution is 0.555. The zero-order valence-electron chi connectivity index (χ0n) is 8.13. The summed E-state index contributed by atoms with van der Waals surface area (Å²) in [5, 5.41) is 3.43. The van der Waals surface area contributed by atoms with Crippen LogP contribution in [0.5, 0.6) is 0 Å². The Morgan fingerprint density at radius 2 is 2.25 bits per heavy atom. The molecule has 1 heterocycles. The number of hydrogen-bond acceptors (Lipinski definition) is 2. The van der Waals surface area contributed by atoms with Crippen molar-refractivity contribution < 1.29 is 0 Å². The first kappa shape index (κ1) is 9.72. The number of aryl methyl sites for hydroxylation is 2. The SMILES string of the molecule is Cc1csc(CCCC(C)C)n1. The Balaban J connectivity index is 2.24. The van der Waals surface area contributed by atoms with Crippen molar-refractivity contribution in [3.05, 3.63) is 16.1 Å². The fourth-order valence-corrected chi connectivity index (χ4v) is 2.00. The van der Waals surface area contributed by atoms with Crippen LogP contribution in [-0.4, -0.2) is 4.98 Å². The third kappa shape index (κ3) is 3.35. The third-order valence-electron chi connectivity index (χ3n) is 1.84. The van der Waals surface area contributed by atoms with Gasteiger partial charge in [-0.3, -0.25) is 0 Å². The molecule has 0 aromatic carbocycles. The van der Waals surface area contributed by atoms with Gasteiger partial charge in [0.15, 0.2) is 0 Å². The van der Waals surface area contributed by atoms with Gasteiger partial charge in [-0.15, -0.1) is 11.3 Å². The number of aromatic nitrogens is 1. The van der Waals surface area contributed by atoms with E-state index in [0.29, 0.717) is 0 Å². The van der Waals surface area contributed by atoms with Crippen LogP contribution in [0.4, 0.5) is 0 Å². The van der Waals surface area contributed by atoms with Crippen LogP contribution in [0.2, 0.25) is 0 Å². The lowest BCUT2D eigenvalue weighted by atomic mass is 10.1. The van der Waals surface area contributed by atoms with Crippen LogP contribution >= 0.6 is 11.3 Å². The van der Waals surface area contributed by atoms with E-state index in [1.165, 1.54) is 23.5 Å². The predicted octanol–water partition coefficient (Wildman–Crippen LogP) is 3.43. The van der Waals surface area contributed by atoms with Crippen molar-refractivity contribution in [2.45, 2.75) is 40.0 Å². The summed E-state index contributed by atoms with van der Waals surface area (Å²) in [5.41, 5.74) is 1.17. The maximum absolute atomic E-state index is 4.43. The van der Waals surface area contributed by atoms with E-state index in [2.05, 4.69) is 31.1 Å². The summed E-state index contributed by atoms with van der Waals surface area (Å²) in [6, 6.07) is 0. The van der Waals surface area contributed by atoms with Crippen LogP contribution in [0.3, 0.4) is 0 Å². The summed E-state index contributed by atoms with van der Waals surface area (Å²) >= 11 is 1.79. The van der Waals surface area contributed by atoms with Crippen molar-refractivity contribution in [1.29, 1.82) is 0 Å². The molecule has 0 aliphatic heterocycles. The van der Waals surface area contributed by atoms with Gasteiger partial charge in [0.1, 0.15) is 0 Å². The van der Waals surface area contributed by atoms with Crippen LogP contribution in [-0.2, 0) is 6.42 Å². The van der Waals surface area contributed by atoms with Gasteiger partial charge in [0.2, 0.25) is 0 Å². The van der Waals surface area contributed by atoms with Gasteiger partial charge >= 0.3 is 0 Å². The number of hydrogen-bond donors (Lipinski definition) is 0. The fourth-order valence-electron chi connectivity index (χ4n) is 1.18. The molecule has 1 rings (SSSR count). The Morgan fingerprint density at radius 1 is 1.50 bits per heavy atom. The summed E-state index contributed by atoms with van der Waals surface area (Å²) in [6.45, 7) is 6.60. The van der Waals surface area contributed by atoms with Crippen LogP contribution in [0.1, 0.15) is 37.4 Å². The smallest absolute Gasteiger partial charge is 0.0928 e. The molecule has 1 aromatic rings. The van der Waals surface area contributed by atoms with Crippen LogP contribution in [0, 0.1) is 12.8 Å². The average molecular weight is 183 g/mol. The van der Waals surface area contributed by atoms with Crippen LogP contribution in [0.15, 0.2) is 5.38 Å². The first-order valence-electron chi connectivity index (χ1n) is 4.59. The average Bonchev–Trinajstić information content (AvgIpc) is 2.35. The molecule has 0 saturated carbocycles. The van der Waals surface area contributed by atoms with E-state index in [1.807, 2.05) is 0 Å². The van der Waals surface area contributed by atoms with E-state index in [1.54, 1.807) is 11.3 Å². The zero-order chi connectivity index (χ0) is 8.97. The van der Waals surface area contributed by atoms with Crippen molar-refractivity contribution in [1.82, 2.24) is 4.98 Å². The molecule has 12 heavy (non-hydrogen) atoms. The highest BCUT2D eigenvalue weighted by Gasteiger charge is 1.99. The van der Waals surface area contributed by atoms with Gasteiger partial charge < -0.3 is 0 Å². The molecule has 0 saturated heterocycles. The van der Waals surface area contributed by atoms with E-state index in [4.69, 9.17) is 0 Å². The monoisotopic (exact) mass is 183 g/mol. The highest BCUT2D eigenvalue weighted by atomic mass is 32.1. The van der Waals surface area contributed by atoms with Gasteiger partial charge in [-0.1, -0.05) is 20.3 Å². The minimum atomic E-state index is 0.825. The van der Waals surface area contributed by atoms with Gasteiger partial charge in [0.05, 0.1) is 5.01 Å². The molecule has 0 bridgehead atoms. The van der Waals surface area contributed by atoms with Gasteiger partial charge in [-0.25, -0.2) is 4.98 Å². The molecular formula is C10H17NS. The standard InChI is InChI=1S/C10H17NS/c1-8(2)5-4-6-10-11-9(3)7-12-10/h7-8H,4-6H2,1-3H3. The largest absolute Gasteiger partial charge is 0.247 e. The minimum Gasteiger partial charge on any atom is -0.247 e. The summed E-state index contributed by atoms with van der Waals surface area (Å²) < 4.78 is 0. The normalized spacial score (nSPS) is 11.0. The Bertz CT molecular complexity index is 227. The highest BCUT2D eigenvalue weighted by molar-refractivity contribution is 7.09. The van der Waals surface area contributed by atoms with Crippen molar-refractivity contribution >= 4 is 11.3 Å². The second-order valence-corrected chi connectivity index (χ2v) is 4.61. The number of thiazole rings is 1. The van der Waals surface area contributed by atoms with Gasteiger partial charge in [-0.2, -0.15) is 0 Å². The molecule has 0 spiro atoms. The van der Waals surface area contributed by atoms with Crippen LogP contribution < -0.4 is 0 Å². The first-order chi connectivity index (χ1) is 5.68. The lowest BCUT2D eigenvalue weighted by Gasteiger charge is -2.01. The minimum absolute atomic E-state index is 0.825. The van der Waals surface area contributed by atoms with Crippen molar-refractivity contribution in [2.24, 2.45) is 5.92 Å². The van der Waals surface area contributed by atoms with Crippen LogP contribution in [0.25, 0.3) is 0 Å². The Morgan fingerprint density at radius 3 is 2.75 bits per heavy atom. The van der Waals surface area contributed by atoms with E-state index in [9.17, 15) is 0 Å². The van der Waals surface area contributed by atoms with Crippen molar-refractivity contribution in [3.63, 3.8) is 0 Å². The second-order valence-electron chi connectivity index (χ2n) is 3.67. The Kier molecular flexibility index (Phi) is 3.73. The Labute approximate surface area is 78.8 Å². The molecule has 0 aliphatic rings. The molecule has 2 heteroatoms. The lowest BCUT2D eigenvalue weighted by Crippen LogP contribution is -1.90. The fraction of sp³-hybridized carbons (Fsp3) is 0.700. The molecule has 0 atom stereocenters. The molecule has 0 amide bonds. The molecule has 0 aliphatic carbocycles. The quantitative estimate of drug-likeness (QED) is 0.697. The molecule has 1 nitrogen and oxygen atoms in total. The van der Waals surface area contributed by atoms with Gasteiger partial charge in [0.25, 0.3) is 0 Å². The van der Waals surface area contributed by atoms with E-state index >= 15 is 0 Å². The van der Waals surface area contributed by atoms with Gasteiger partial charge in [0, 0.05) is 11.1 Å². The summed E-state index contributed by atoms with van der Waals surface area (Å²) in [4.78, 5) is 4.43. The summed E-state index contributed by atoms with van der Waals surface area (Å²) in [6.07, 6.45) is 3.76. The third-order valence-corrected chi connectivity index (χ3v) is 2.87.